The van der Waals surface area contributed by atoms with Crippen molar-refractivity contribution in [3.63, 3.8) is 0 Å². The van der Waals surface area contributed by atoms with Gasteiger partial charge in [0.15, 0.2) is 0 Å². The number of nitrogens with zero attached hydrogens (tertiary/aromatic N) is 2. The maximum Gasteiger partial charge on any atom is 0.322 e. The molecule has 1 aromatic carbocycles. The van der Waals surface area contributed by atoms with Gasteiger partial charge in [0.05, 0.1) is 19.3 Å². The molecule has 25 heavy (non-hydrogen) atoms. The van der Waals surface area contributed by atoms with Crippen LogP contribution in [-0.2, 0) is 4.74 Å². The molecule has 2 aliphatic heterocycles. The fourth-order valence-electron chi connectivity index (χ4n) is 3.89. The molecule has 6 heteroatoms. The number of urea groups is 1. The quantitative estimate of drug-likeness (QED) is 0.910. The zero-order valence-corrected chi connectivity index (χ0v) is 15.4. The summed E-state index contributed by atoms with van der Waals surface area (Å²) in [5.41, 5.74) is 0.796. The predicted octanol–water partition coefficient (Wildman–Crippen LogP) is 2.80. The fraction of sp³-hybridized carbons (Fsp3) is 0.632. The second kappa shape index (κ2) is 8.06. The molecule has 0 aliphatic carbocycles. The Balaban J connectivity index is 1.57. The molecule has 0 radical (unpaired) electrons. The summed E-state index contributed by atoms with van der Waals surface area (Å²) in [5.74, 6) is 0.785. The minimum Gasteiger partial charge on any atom is -0.497 e. The van der Waals surface area contributed by atoms with E-state index >= 15 is 0 Å². The number of rotatable bonds is 4. The lowest BCUT2D eigenvalue weighted by Crippen LogP contribution is -2.51. The maximum atomic E-state index is 12.7. The number of ether oxygens (including phenoxy) is 2. The second-order valence-electron chi connectivity index (χ2n) is 7.12. The Hall–Kier alpha value is -1.79. The smallest absolute Gasteiger partial charge is 0.322 e. The van der Waals surface area contributed by atoms with Crippen molar-refractivity contribution in [3.8, 4) is 5.75 Å². The van der Waals surface area contributed by atoms with Gasteiger partial charge in [-0.1, -0.05) is 0 Å². The summed E-state index contributed by atoms with van der Waals surface area (Å²) in [4.78, 5) is 17.1. The zero-order valence-electron chi connectivity index (χ0n) is 15.4. The number of anilines is 1. The molecule has 3 unspecified atom stereocenters. The highest BCUT2D eigenvalue weighted by atomic mass is 16.5. The number of methoxy groups -OCH3 is 1. The Bertz CT molecular complexity index is 568. The summed E-state index contributed by atoms with van der Waals surface area (Å²) in [6, 6.07) is 7.71. The van der Waals surface area contributed by atoms with Crippen molar-refractivity contribution in [2.45, 2.75) is 44.9 Å². The Morgan fingerprint density at radius 2 is 1.92 bits per heavy atom. The number of hydrogen-bond acceptors (Lipinski definition) is 4. The minimum atomic E-state index is -0.0120. The van der Waals surface area contributed by atoms with Crippen LogP contribution in [0.1, 0.15) is 26.7 Å². The van der Waals surface area contributed by atoms with Gasteiger partial charge in [0.1, 0.15) is 5.75 Å². The van der Waals surface area contributed by atoms with E-state index in [1.807, 2.05) is 29.2 Å². The topological polar surface area (TPSA) is 54.0 Å². The maximum absolute atomic E-state index is 12.7. The number of morpholine rings is 1. The van der Waals surface area contributed by atoms with Gasteiger partial charge in [0.2, 0.25) is 0 Å². The molecular formula is C19H29N3O3. The molecule has 138 valence electrons. The van der Waals surface area contributed by atoms with Crippen LogP contribution in [0, 0.1) is 0 Å². The first-order chi connectivity index (χ1) is 12.0. The van der Waals surface area contributed by atoms with E-state index < -0.39 is 0 Å². The van der Waals surface area contributed by atoms with Gasteiger partial charge in [0.25, 0.3) is 0 Å². The molecule has 3 rings (SSSR count). The van der Waals surface area contributed by atoms with Crippen LogP contribution in [0.15, 0.2) is 24.3 Å². The van der Waals surface area contributed by atoms with Crippen molar-refractivity contribution in [1.82, 2.24) is 9.80 Å². The summed E-state index contributed by atoms with van der Waals surface area (Å²) in [5, 5.41) is 3.01. The van der Waals surface area contributed by atoms with E-state index in [4.69, 9.17) is 9.47 Å². The molecule has 2 saturated heterocycles. The van der Waals surface area contributed by atoms with Crippen molar-refractivity contribution in [2.75, 3.05) is 38.6 Å². The number of hydrogen-bond donors (Lipinski definition) is 1. The van der Waals surface area contributed by atoms with Crippen LogP contribution in [0.25, 0.3) is 0 Å². The number of carbonyl (C=O) groups excluding carboxylic acids is 1. The predicted molar refractivity (Wildman–Crippen MR) is 98.2 cm³/mol. The lowest BCUT2D eigenvalue weighted by atomic mass is 10.1. The van der Waals surface area contributed by atoms with Gasteiger partial charge in [-0.15, -0.1) is 0 Å². The highest BCUT2D eigenvalue weighted by Gasteiger charge is 2.32. The van der Waals surface area contributed by atoms with E-state index in [9.17, 15) is 4.79 Å². The molecule has 1 aromatic rings. The first-order valence-corrected chi connectivity index (χ1v) is 9.14. The number of benzene rings is 1. The largest absolute Gasteiger partial charge is 0.497 e. The lowest BCUT2D eigenvalue weighted by molar-refractivity contribution is -0.0712. The molecular weight excluding hydrogens is 318 g/mol. The molecule has 0 bridgehead atoms. The van der Waals surface area contributed by atoms with Gasteiger partial charge in [0, 0.05) is 37.9 Å². The van der Waals surface area contributed by atoms with E-state index in [2.05, 4.69) is 24.1 Å². The molecule has 0 saturated carbocycles. The van der Waals surface area contributed by atoms with Crippen molar-refractivity contribution < 1.29 is 14.3 Å². The van der Waals surface area contributed by atoms with Gasteiger partial charge < -0.3 is 19.7 Å². The number of likely N-dealkylation sites (tertiary alicyclic amines) is 1. The Kier molecular flexibility index (Phi) is 5.81. The van der Waals surface area contributed by atoms with Crippen LogP contribution in [0.3, 0.4) is 0 Å². The summed E-state index contributed by atoms with van der Waals surface area (Å²) in [6.07, 6.45) is 2.64. The van der Waals surface area contributed by atoms with Crippen LogP contribution in [0.5, 0.6) is 5.75 Å². The molecule has 2 amide bonds. The van der Waals surface area contributed by atoms with Gasteiger partial charge in [-0.05, 0) is 51.0 Å². The van der Waals surface area contributed by atoms with Gasteiger partial charge >= 0.3 is 6.03 Å². The molecule has 0 aromatic heterocycles. The lowest BCUT2D eigenvalue weighted by Gasteiger charge is -2.38. The van der Waals surface area contributed by atoms with Crippen molar-refractivity contribution in [3.05, 3.63) is 24.3 Å². The number of nitrogens with one attached hydrogen (secondary N) is 1. The number of carbonyl (C=O) groups is 1. The van der Waals surface area contributed by atoms with Crippen molar-refractivity contribution in [1.29, 1.82) is 0 Å². The molecule has 2 fully saturated rings. The third kappa shape index (κ3) is 4.64. The van der Waals surface area contributed by atoms with Gasteiger partial charge in [-0.3, -0.25) is 4.90 Å². The number of amides is 2. The van der Waals surface area contributed by atoms with E-state index in [0.717, 1.165) is 50.5 Å². The van der Waals surface area contributed by atoms with Crippen molar-refractivity contribution >= 4 is 11.7 Å². The molecule has 6 nitrogen and oxygen atoms in total. The first-order valence-electron chi connectivity index (χ1n) is 9.14. The Morgan fingerprint density at radius 1 is 1.24 bits per heavy atom. The zero-order chi connectivity index (χ0) is 17.8. The van der Waals surface area contributed by atoms with E-state index in [1.165, 1.54) is 0 Å². The molecule has 2 aliphatic rings. The summed E-state index contributed by atoms with van der Waals surface area (Å²) in [7, 11) is 1.63. The Morgan fingerprint density at radius 3 is 2.56 bits per heavy atom. The summed E-state index contributed by atoms with van der Waals surface area (Å²) >= 11 is 0. The van der Waals surface area contributed by atoms with Crippen LogP contribution in [-0.4, -0.2) is 67.4 Å². The average Bonchev–Trinajstić information content (AvgIpc) is 3.03. The standard InChI is InChI=1S/C19H29N3O3/c1-14-11-21(12-15(2)25-14)13-17-5-4-10-22(17)19(23)20-16-6-8-18(24-3)9-7-16/h6-9,14-15,17H,4-5,10-13H2,1-3H3,(H,20,23). The first kappa shape index (κ1) is 18.0. The highest BCUT2D eigenvalue weighted by Crippen LogP contribution is 2.22. The fourth-order valence-corrected chi connectivity index (χ4v) is 3.89. The highest BCUT2D eigenvalue weighted by molar-refractivity contribution is 5.89. The summed E-state index contributed by atoms with van der Waals surface area (Å²) in [6.45, 7) is 7.86. The van der Waals surface area contributed by atoms with Crippen molar-refractivity contribution in [2.24, 2.45) is 0 Å². The van der Waals surface area contributed by atoms with Crippen LogP contribution in [0.4, 0.5) is 10.5 Å². The van der Waals surface area contributed by atoms with E-state index in [0.29, 0.717) is 0 Å². The minimum absolute atomic E-state index is 0.0120. The molecule has 0 spiro atoms. The molecule has 3 atom stereocenters. The van der Waals surface area contributed by atoms with E-state index in [1.54, 1.807) is 7.11 Å². The summed E-state index contributed by atoms with van der Waals surface area (Å²) < 4.78 is 11.0. The average molecular weight is 347 g/mol. The van der Waals surface area contributed by atoms with Crippen LogP contribution >= 0.6 is 0 Å². The van der Waals surface area contributed by atoms with Crippen LogP contribution < -0.4 is 10.1 Å². The second-order valence-corrected chi connectivity index (χ2v) is 7.12. The van der Waals surface area contributed by atoms with Crippen LogP contribution in [0.2, 0.25) is 0 Å². The molecule has 2 heterocycles. The SMILES string of the molecule is COc1ccc(NC(=O)N2CCCC2CN2CC(C)OC(C)C2)cc1. The third-order valence-electron chi connectivity index (χ3n) is 4.94. The molecule has 1 N–H and O–H groups in total. The third-order valence-corrected chi connectivity index (χ3v) is 4.94. The monoisotopic (exact) mass is 347 g/mol. The Labute approximate surface area is 150 Å². The van der Waals surface area contributed by atoms with Gasteiger partial charge in [-0.2, -0.15) is 0 Å². The van der Waals surface area contributed by atoms with E-state index in [-0.39, 0.29) is 24.3 Å². The normalized spacial score (nSPS) is 27.3. The van der Waals surface area contributed by atoms with Gasteiger partial charge in [-0.25, -0.2) is 4.79 Å².